The van der Waals surface area contributed by atoms with Crippen LogP contribution in [0.25, 0.3) is 12.2 Å². The van der Waals surface area contributed by atoms with Crippen molar-refractivity contribution in [2.24, 2.45) is 0 Å². The number of likely N-dealkylation sites (N-methyl/N-ethyl adjacent to an activating group) is 1. The maximum absolute atomic E-state index is 12.6. The zero-order chi connectivity index (χ0) is 46.9. The van der Waals surface area contributed by atoms with Crippen molar-refractivity contribution >= 4 is 67.6 Å². The summed E-state index contributed by atoms with van der Waals surface area (Å²) in [5.41, 5.74) is 2.96. The Morgan fingerprint density at radius 2 is 1.16 bits per heavy atom. The molecule has 342 valence electrons. The minimum atomic E-state index is -4.94. The first kappa shape index (κ1) is 62.7. The van der Waals surface area contributed by atoms with Gasteiger partial charge in [-0.2, -0.15) is 53.7 Å². The van der Waals surface area contributed by atoms with Crippen LogP contribution in [0, 0.1) is 12.1 Å². The van der Waals surface area contributed by atoms with Crippen molar-refractivity contribution in [3.8, 4) is 0 Å². The smallest absolute Gasteiger partial charge is 0.744 e. The van der Waals surface area contributed by atoms with Gasteiger partial charge in [0, 0.05) is 38.8 Å². The fourth-order valence-corrected chi connectivity index (χ4v) is 7.64. The molecule has 6 aromatic rings. The zero-order valence-electron chi connectivity index (χ0n) is 39.7. The number of nitrogens with zero attached hydrogens (tertiary/aromatic N) is 8. The molecule has 0 radical (unpaired) electrons. The molecule has 25 heteroatoms. The van der Waals surface area contributed by atoms with Crippen LogP contribution in [0.15, 0.2) is 94.7 Å². The first-order valence-electron chi connectivity index (χ1n) is 20.1. The second-order valence-electron chi connectivity index (χ2n) is 15.3. The molecule has 0 saturated carbocycles. The van der Waals surface area contributed by atoms with Gasteiger partial charge in [0.05, 0.1) is 28.1 Å². The van der Waals surface area contributed by atoms with Gasteiger partial charge in [-0.05, 0) is 68.7 Å². The standard InChI is InChI=1S/C44H48N10O9S2.4Na/c1-28(55)25-53(4)43-49-40(48-41(51-43)45-35-8-6-5-7-9-35)24-33-15-17-34(38(22-33)65(61,62)63)16-14-31-10-12-32(13-11-31)23-39-47-42(46-36-18-20-37(21-19-36)64(58,59)60)52-44(50-39)54(26-29(2)56)27-30(3)57;;;;/h6-10,12-22,28-30,55-57H,23-27H2,1-4H3,(H,58,59,60)(H,61,62,63)(H,45,48,49,51)(H,46,47,50,52);;;;/q-2;4*+1/p-2/b16-14+;;;;. The van der Waals surface area contributed by atoms with Crippen molar-refractivity contribution in [1.29, 1.82) is 0 Å². The third kappa shape index (κ3) is 19.8. The summed E-state index contributed by atoms with van der Waals surface area (Å²) in [4.78, 5) is 29.6. The summed E-state index contributed by atoms with van der Waals surface area (Å²) in [5.74, 6) is 1.30. The van der Waals surface area contributed by atoms with Crippen LogP contribution in [0.5, 0.6) is 0 Å². The molecule has 0 aliphatic rings. The Kier molecular flexibility index (Phi) is 26.1. The monoisotopic (exact) mass is 1010 g/mol. The average molecular weight is 1020 g/mol. The Hall–Kier alpha value is -2.46. The molecule has 6 rings (SSSR count). The number of hydrogen-bond donors (Lipinski definition) is 5. The SMILES string of the molecule is CC(O)CN(C)c1nc(Cc2ccc(/C=C/c3[c-]cc(Cc4nc(Nc5ccc(S(=O)(=O)[O-])cc5)nc(N(CC(C)O)CC(C)O)n4)cc3)c(S(=O)(=O)[O-])c2)nc(Nc2cc[c-]cc2)n1.[Na+].[Na+].[Na+].[Na+]. The van der Waals surface area contributed by atoms with Gasteiger partial charge in [0.15, 0.2) is 0 Å². The molecule has 3 atom stereocenters. The minimum Gasteiger partial charge on any atom is -0.744 e. The predicted octanol–water partition coefficient (Wildman–Crippen LogP) is -8.29. The van der Waals surface area contributed by atoms with Crippen molar-refractivity contribution in [2.45, 2.75) is 61.7 Å². The summed E-state index contributed by atoms with van der Waals surface area (Å²) in [6.45, 7) is 5.22. The molecule has 19 nitrogen and oxygen atoms in total. The van der Waals surface area contributed by atoms with Gasteiger partial charge in [-0.1, -0.05) is 23.9 Å². The molecule has 0 spiro atoms. The summed E-state index contributed by atoms with van der Waals surface area (Å²) >= 11 is 0. The number of anilines is 6. The number of benzene rings is 4. The van der Waals surface area contributed by atoms with Gasteiger partial charge >= 0.3 is 118 Å². The van der Waals surface area contributed by atoms with Crippen LogP contribution in [0.3, 0.4) is 0 Å². The molecule has 5 N–H and O–H groups in total. The zero-order valence-corrected chi connectivity index (χ0v) is 49.3. The first-order chi connectivity index (χ1) is 30.8. The van der Waals surface area contributed by atoms with Gasteiger partial charge in [-0.25, -0.2) is 16.8 Å². The largest absolute Gasteiger partial charge is 1.00 e. The van der Waals surface area contributed by atoms with Gasteiger partial charge < -0.3 is 44.9 Å². The molecule has 0 fully saturated rings. The van der Waals surface area contributed by atoms with E-state index in [0.717, 1.165) is 17.7 Å². The van der Waals surface area contributed by atoms with E-state index in [2.05, 4.69) is 52.7 Å². The van der Waals surface area contributed by atoms with E-state index < -0.39 is 48.3 Å². The van der Waals surface area contributed by atoms with Crippen LogP contribution >= 0.6 is 0 Å². The molecule has 69 heavy (non-hydrogen) atoms. The van der Waals surface area contributed by atoms with Crippen LogP contribution in [0.2, 0.25) is 0 Å². The van der Waals surface area contributed by atoms with Crippen molar-refractivity contribution in [3.05, 3.63) is 131 Å². The van der Waals surface area contributed by atoms with Crippen LogP contribution in [-0.2, 0) is 33.1 Å². The van der Waals surface area contributed by atoms with Crippen molar-refractivity contribution in [2.75, 3.05) is 47.1 Å². The normalized spacial score (nSPS) is 12.5. The van der Waals surface area contributed by atoms with E-state index in [9.17, 15) is 41.3 Å². The van der Waals surface area contributed by atoms with Gasteiger partial charge in [-0.3, -0.25) is 0 Å². The number of aliphatic hydroxyl groups excluding tert-OH is 3. The summed E-state index contributed by atoms with van der Waals surface area (Å²) in [7, 11) is -7.88. The van der Waals surface area contributed by atoms with E-state index in [1.165, 1.54) is 30.3 Å². The molecule has 4 aromatic carbocycles. The van der Waals surface area contributed by atoms with Crippen LogP contribution in [-0.4, -0.2) is 116 Å². The Morgan fingerprint density at radius 3 is 1.68 bits per heavy atom. The Balaban J connectivity index is 0.00000408. The summed E-state index contributed by atoms with van der Waals surface area (Å²) in [5, 5.41) is 36.5. The minimum absolute atomic E-state index is 0. The maximum atomic E-state index is 12.6. The predicted molar refractivity (Wildman–Crippen MR) is 241 cm³/mol. The van der Waals surface area contributed by atoms with Crippen LogP contribution < -0.4 is 139 Å². The topological polar surface area (TPSA) is 283 Å². The van der Waals surface area contributed by atoms with E-state index in [1.807, 2.05) is 0 Å². The van der Waals surface area contributed by atoms with Crippen LogP contribution in [0.1, 0.15) is 54.7 Å². The van der Waals surface area contributed by atoms with E-state index in [1.54, 1.807) is 92.2 Å². The first-order valence-corrected chi connectivity index (χ1v) is 22.9. The Bertz CT molecular complexity index is 2830. The molecule has 3 unspecified atom stereocenters. The third-order valence-corrected chi connectivity index (χ3v) is 11.0. The van der Waals surface area contributed by atoms with E-state index >= 15 is 0 Å². The van der Waals surface area contributed by atoms with Crippen molar-refractivity contribution < 1.29 is 159 Å². The van der Waals surface area contributed by atoms with E-state index in [0.29, 0.717) is 28.3 Å². The van der Waals surface area contributed by atoms with Gasteiger partial charge in [0.25, 0.3) is 0 Å². The molecule has 2 aromatic heterocycles. The molecule has 0 aliphatic heterocycles. The molecule has 0 bridgehead atoms. The number of nitrogens with one attached hydrogen (secondary N) is 2. The molecule has 0 aliphatic carbocycles. The quantitative estimate of drug-likeness (QED) is 0.0206. The van der Waals surface area contributed by atoms with Gasteiger partial charge in [0.1, 0.15) is 31.9 Å². The summed E-state index contributed by atoms with van der Waals surface area (Å²) in [6.07, 6.45) is 1.07. The Labute approximate surface area is 490 Å². The number of aliphatic hydroxyl groups is 3. The third-order valence-electron chi connectivity index (χ3n) is 9.26. The summed E-state index contributed by atoms with van der Waals surface area (Å²) < 4.78 is 72.0. The van der Waals surface area contributed by atoms with E-state index in [4.69, 9.17) is 0 Å². The Morgan fingerprint density at radius 1 is 0.638 bits per heavy atom. The number of aromatic nitrogens is 6. The van der Waals surface area contributed by atoms with E-state index in [-0.39, 0.29) is 186 Å². The van der Waals surface area contributed by atoms with Crippen molar-refractivity contribution in [3.63, 3.8) is 0 Å². The second kappa shape index (κ2) is 28.7. The van der Waals surface area contributed by atoms with Gasteiger partial charge in [-0.15, -0.1) is 48.0 Å². The van der Waals surface area contributed by atoms with Gasteiger partial charge in [0.2, 0.25) is 23.8 Å². The fraction of sp³-hybridized carbons (Fsp3) is 0.273. The molecule has 0 amide bonds. The van der Waals surface area contributed by atoms with Crippen LogP contribution in [0.4, 0.5) is 35.2 Å². The molecule has 2 heterocycles. The second-order valence-corrected chi connectivity index (χ2v) is 18.0. The number of hydrogen-bond acceptors (Lipinski definition) is 19. The van der Waals surface area contributed by atoms with Crippen molar-refractivity contribution in [1.82, 2.24) is 29.9 Å². The average Bonchev–Trinajstić information content (AvgIpc) is 3.22. The number of rotatable bonds is 20. The molecular formula is C44H46N10Na4O9S2. The maximum Gasteiger partial charge on any atom is 1.00 e. The summed E-state index contributed by atoms with van der Waals surface area (Å²) in [6, 6.07) is 27.9. The molecule has 0 saturated heterocycles. The fourth-order valence-electron chi connectivity index (χ4n) is 6.45. The molecular weight excluding hydrogens is 969 g/mol.